The molecule has 0 radical (unpaired) electrons. The minimum absolute atomic E-state index is 0.119. The van der Waals surface area contributed by atoms with Crippen LogP contribution in [0.2, 0.25) is 5.02 Å². The number of nitrogens with zero attached hydrogens (tertiary/aromatic N) is 3. The molecule has 5 nitrogen and oxygen atoms in total. The number of carbonyl (C=O) groups is 1. The molecule has 1 aliphatic heterocycles. The summed E-state index contributed by atoms with van der Waals surface area (Å²) in [5, 5.41) is 5.17. The van der Waals surface area contributed by atoms with Crippen molar-refractivity contribution >= 4 is 17.6 Å². The Morgan fingerprint density at radius 2 is 2.19 bits per heavy atom. The van der Waals surface area contributed by atoms with Gasteiger partial charge in [-0.25, -0.2) is 0 Å². The third-order valence-electron chi connectivity index (χ3n) is 4.03. The average Bonchev–Trinajstić information content (AvgIpc) is 2.75. The molecule has 1 aromatic rings. The number of esters is 1. The summed E-state index contributed by atoms with van der Waals surface area (Å²) in [7, 11) is 1.91. The van der Waals surface area contributed by atoms with E-state index >= 15 is 0 Å². The lowest BCUT2D eigenvalue weighted by Gasteiger charge is -2.33. The Hall–Kier alpha value is -1.07. The van der Waals surface area contributed by atoms with Gasteiger partial charge in [-0.05, 0) is 32.7 Å². The highest BCUT2D eigenvalue weighted by molar-refractivity contribution is 6.31. The van der Waals surface area contributed by atoms with Crippen molar-refractivity contribution in [3.8, 4) is 0 Å². The predicted octanol–water partition coefficient (Wildman–Crippen LogP) is 2.55. The van der Waals surface area contributed by atoms with Gasteiger partial charge in [0.25, 0.3) is 0 Å². The fourth-order valence-corrected chi connectivity index (χ4v) is 3.22. The second kappa shape index (κ2) is 7.27. The maximum atomic E-state index is 12.1. The van der Waals surface area contributed by atoms with Gasteiger partial charge < -0.3 is 4.74 Å². The summed E-state index contributed by atoms with van der Waals surface area (Å²) in [5.41, 5.74) is 1.89. The lowest BCUT2D eigenvalue weighted by Crippen LogP contribution is -2.45. The molecule has 0 aromatic carbocycles. The molecule has 1 aromatic heterocycles. The Bertz CT molecular complexity index is 501. The number of rotatable bonds is 5. The Morgan fingerprint density at radius 1 is 1.43 bits per heavy atom. The Labute approximate surface area is 131 Å². The van der Waals surface area contributed by atoms with Gasteiger partial charge in [0, 0.05) is 13.6 Å². The number of aryl methyl sites for hydroxylation is 2. The number of ether oxygens (including phenoxy) is 1. The van der Waals surface area contributed by atoms with Crippen LogP contribution in [0.4, 0.5) is 0 Å². The molecule has 1 unspecified atom stereocenters. The van der Waals surface area contributed by atoms with E-state index in [4.69, 9.17) is 16.3 Å². The fourth-order valence-electron chi connectivity index (χ4n) is 2.87. The van der Waals surface area contributed by atoms with Crippen LogP contribution in [-0.2, 0) is 29.5 Å². The van der Waals surface area contributed by atoms with Crippen LogP contribution in [0.3, 0.4) is 0 Å². The van der Waals surface area contributed by atoms with Gasteiger partial charge >= 0.3 is 5.97 Å². The van der Waals surface area contributed by atoms with E-state index in [1.54, 1.807) is 0 Å². The fraction of sp³-hybridized carbons (Fsp3) is 0.733. The number of carbonyl (C=O) groups excluding carboxylic acids is 1. The lowest BCUT2D eigenvalue weighted by atomic mass is 10.0. The maximum absolute atomic E-state index is 12.1. The van der Waals surface area contributed by atoms with Crippen molar-refractivity contribution in [2.45, 2.75) is 52.1 Å². The molecule has 0 spiro atoms. The number of aromatic nitrogens is 2. The van der Waals surface area contributed by atoms with Crippen LogP contribution in [0, 0.1) is 0 Å². The van der Waals surface area contributed by atoms with Crippen molar-refractivity contribution in [2.24, 2.45) is 7.05 Å². The molecule has 0 bridgehead atoms. The molecule has 0 saturated carbocycles. The standard InChI is InChI=1S/C15H24ClN3O2/c1-4-11-14(16)13(18(3)17-11)10-19-9-7-6-8-12(19)15(20)21-5-2/h12H,4-10H2,1-3H3. The van der Waals surface area contributed by atoms with Gasteiger partial charge in [-0.15, -0.1) is 0 Å². The van der Waals surface area contributed by atoms with Crippen molar-refractivity contribution in [3.63, 3.8) is 0 Å². The van der Waals surface area contributed by atoms with E-state index in [9.17, 15) is 4.79 Å². The monoisotopic (exact) mass is 313 g/mol. The summed E-state index contributed by atoms with van der Waals surface area (Å²) in [4.78, 5) is 14.3. The molecule has 1 fully saturated rings. The van der Waals surface area contributed by atoms with E-state index in [0.717, 1.165) is 48.6 Å². The second-order valence-electron chi connectivity index (χ2n) is 5.42. The molecule has 0 N–H and O–H groups in total. The van der Waals surface area contributed by atoms with Crippen LogP contribution in [0.1, 0.15) is 44.5 Å². The Balaban J connectivity index is 2.16. The zero-order valence-electron chi connectivity index (χ0n) is 13.1. The molecule has 118 valence electrons. The summed E-state index contributed by atoms with van der Waals surface area (Å²) in [6, 6.07) is -0.158. The van der Waals surface area contributed by atoms with Crippen molar-refractivity contribution in [1.82, 2.24) is 14.7 Å². The molecular formula is C15H24ClN3O2. The van der Waals surface area contributed by atoms with Gasteiger partial charge in [-0.3, -0.25) is 14.4 Å². The Kier molecular flexibility index (Phi) is 5.65. The first-order valence-corrected chi connectivity index (χ1v) is 8.07. The van der Waals surface area contributed by atoms with E-state index < -0.39 is 0 Å². The number of piperidine rings is 1. The highest BCUT2D eigenvalue weighted by atomic mass is 35.5. The van der Waals surface area contributed by atoms with Gasteiger partial charge in [0.05, 0.1) is 23.0 Å². The molecule has 6 heteroatoms. The van der Waals surface area contributed by atoms with Crippen molar-refractivity contribution in [3.05, 3.63) is 16.4 Å². The largest absolute Gasteiger partial charge is 0.465 e. The van der Waals surface area contributed by atoms with Crippen LogP contribution in [0.25, 0.3) is 0 Å². The minimum atomic E-state index is -0.158. The second-order valence-corrected chi connectivity index (χ2v) is 5.80. The third kappa shape index (κ3) is 3.58. The molecular weight excluding hydrogens is 290 g/mol. The Morgan fingerprint density at radius 3 is 2.81 bits per heavy atom. The SMILES string of the molecule is CCOC(=O)C1CCCCN1Cc1c(Cl)c(CC)nn1C. The van der Waals surface area contributed by atoms with Crippen LogP contribution in [0.5, 0.6) is 0 Å². The van der Waals surface area contributed by atoms with E-state index in [1.165, 1.54) is 0 Å². The first kappa shape index (κ1) is 16.3. The molecule has 2 rings (SSSR count). The summed E-state index contributed by atoms with van der Waals surface area (Å²) in [6.07, 6.45) is 3.84. The summed E-state index contributed by atoms with van der Waals surface area (Å²) in [5.74, 6) is -0.119. The van der Waals surface area contributed by atoms with Crippen LogP contribution >= 0.6 is 11.6 Å². The highest BCUT2D eigenvalue weighted by Crippen LogP contribution is 2.26. The molecule has 2 heterocycles. The van der Waals surface area contributed by atoms with Crippen LogP contribution < -0.4 is 0 Å². The number of likely N-dealkylation sites (tertiary alicyclic amines) is 1. The molecule has 21 heavy (non-hydrogen) atoms. The van der Waals surface area contributed by atoms with Gasteiger partial charge in [0.1, 0.15) is 6.04 Å². The van der Waals surface area contributed by atoms with E-state index in [1.807, 2.05) is 25.6 Å². The van der Waals surface area contributed by atoms with Crippen LogP contribution in [0.15, 0.2) is 0 Å². The van der Waals surface area contributed by atoms with E-state index in [2.05, 4.69) is 10.00 Å². The zero-order chi connectivity index (χ0) is 15.4. The normalized spacial score (nSPS) is 19.7. The highest BCUT2D eigenvalue weighted by Gasteiger charge is 2.31. The molecule has 1 atom stereocenters. The molecule has 1 aliphatic rings. The van der Waals surface area contributed by atoms with Gasteiger partial charge in [-0.1, -0.05) is 24.9 Å². The zero-order valence-corrected chi connectivity index (χ0v) is 13.8. The summed E-state index contributed by atoms with van der Waals surface area (Å²) >= 11 is 6.41. The third-order valence-corrected chi connectivity index (χ3v) is 4.46. The predicted molar refractivity (Wildman–Crippen MR) is 82.3 cm³/mol. The minimum Gasteiger partial charge on any atom is -0.465 e. The molecule has 0 amide bonds. The summed E-state index contributed by atoms with van der Waals surface area (Å²) in [6.45, 7) is 5.85. The molecule has 0 aliphatic carbocycles. The topological polar surface area (TPSA) is 47.4 Å². The number of hydrogen-bond acceptors (Lipinski definition) is 4. The quantitative estimate of drug-likeness (QED) is 0.784. The first-order chi connectivity index (χ1) is 10.1. The van der Waals surface area contributed by atoms with Gasteiger partial charge in [0.15, 0.2) is 0 Å². The smallest absolute Gasteiger partial charge is 0.323 e. The van der Waals surface area contributed by atoms with E-state index in [-0.39, 0.29) is 12.0 Å². The number of hydrogen-bond donors (Lipinski definition) is 0. The van der Waals surface area contributed by atoms with Crippen LogP contribution in [-0.4, -0.2) is 39.8 Å². The number of halogens is 1. The van der Waals surface area contributed by atoms with E-state index in [0.29, 0.717) is 13.2 Å². The average molecular weight is 314 g/mol. The van der Waals surface area contributed by atoms with Crippen molar-refractivity contribution < 1.29 is 9.53 Å². The molecule has 1 saturated heterocycles. The maximum Gasteiger partial charge on any atom is 0.323 e. The first-order valence-electron chi connectivity index (χ1n) is 7.69. The lowest BCUT2D eigenvalue weighted by molar-refractivity contribution is -0.151. The van der Waals surface area contributed by atoms with Gasteiger partial charge in [0.2, 0.25) is 0 Å². The van der Waals surface area contributed by atoms with Crippen molar-refractivity contribution in [1.29, 1.82) is 0 Å². The van der Waals surface area contributed by atoms with Gasteiger partial charge in [-0.2, -0.15) is 5.10 Å². The van der Waals surface area contributed by atoms with Crippen molar-refractivity contribution in [2.75, 3.05) is 13.2 Å². The summed E-state index contributed by atoms with van der Waals surface area (Å²) < 4.78 is 7.03.